The summed E-state index contributed by atoms with van der Waals surface area (Å²) in [6.45, 7) is 3.88. The summed E-state index contributed by atoms with van der Waals surface area (Å²) in [4.78, 5) is 0. The Labute approximate surface area is 78.0 Å². The first-order valence-electron chi connectivity index (χ1n) is 3.65. The number of hydrogen-bond acceptors (Lipinski definition) is 0. The summed E-state index contributed by atoms with van der Waals surface area (Å²) in [5.74, 6) is 0. The summed E-state index contributed by atoms with van der Waals surface area (Å²) in [6.07, 6.45) is 1.86. The first kappa shape index (κ1) is 7.69. The molecule has 2 rings (SSSR count). The molecule has 0 nitrogen and oxygen atoms in total. The van der Waals surface area contributed by atoms with E-state index in [0.29, 0.717) is 5.02 Å². The Bertz CT molecular complexity index is 391. The van der Waals surface area contributed by atoms with Gasteiger partial charge in [0.1, 0.15) is 7.85 Å². The van der Waals surface area contributed by atoms with E-state index < -0.39 is 0 Å². The topological polar surface area (TPSA) is 0 Å². The van der Waals surface area contributed by atoms with Crippen LogP contribution in [0.4, 0.5) is 0 Å². The third-order valence-electron chi connectivity index (χ3n) is 1.97. The van der Waals surface area contributed by atoms with Gasteiger partial charge >= 0.3 is 0 Å². The lowest BCUT2D eigenvalue weighted by atomic mass is 9.90. The van der Waals surface area contributed by atoms with Crippen LogP contribution in [-0.4, -0.2) is 7.85 Å². The molecule has 0 atom stereocenters. The second-order valence-electron chi connectivity index (χ2n) is 2.81. The van der Waals surface area contributed by atoms with Gasteiger partial charge in [-0.25, -0.2) is 0 Å². The Kier molecular flexibility index (Phi) is 1.62. The average molecular weight is 172 g/mol. The Morgan fingerprint density at radius 2 is 2.00 bits per heavy atom. The molecule has 2 radical (unpaired) electrons. The highest BCUT2D eigenvalue weighted by Gasteiger charge is 2.12. The smallest absolute Gasteiger partial charge is 0.0912 e. The molecule has 0 amide bonds. The van der Waals surface area contributed by atoms with Crippen molar-refractivity contribution in [3.05, 3.63) is 47.0 Å². The van der Waals surface area contributed by atoms with Crippen molar-refractivity contribution >= 4 is 30.5 Å². The molecule has 0 bridgehead atoms. The largest absolute Gasteiger partial charge is 0.114 e. The monoisotopic (exact) mass is 172 g/mol. The molecule has 1 aliphatic carbocycles. The van der Waals surface area contributed by atoms with Crippen LogP contribution in [0, 0.1) is 0 Å². The highest BCUT2D eigenvalue weighted by atomic mass is 35.5. The van der Waals surface area contributed by atoms with Crippen LogP contribution in [0.5, 0.6) is 0 Å². The molecule has 0 aromatic heterocycles. The van der Waals surface area contributed by atoms with E-state index in [1.165, 1.54) is 0 Å². The van der Waals surface area contributed by atoms with Gasteiger partial charge in [0.05, 0.1) is 0 Å². The van der Waals surface area contributed by atoms with Crippen LogP contribution in [0.1, 0.15) is 11.1 Å². The fourth-order valence-electron chi connectivity index (χ4n) is 1.38. The molecule has 0 saturated carbocycles. The number of rotatable bonds is 0. The number of benzene rings is 1. The van der Waals surface area contributed by atoms with Gasteiger partial charge in [-0.15, -0.1) is 0 Å². The standard InChI is InChI=1S/C10H6BCl/c1-6-4-10(11)9-5-7(12)2-3-8(6)9/h2-5H,1H2. The lowest BCUT2D eigenvalue weighted by molar-refractivity contribution is 1.61. The highest BCUT2D eigenvalue weighted by Crippen LogP contribution is 2.33. The van der Waals surface area contributed by atoms with Crippen molar-refractivity contribution in [3.8, 4) is 0 Å². The van der Waals surface area contributed by atoms with Gasteiger partial charge in [-0.2, -0.15) is 0 Å². The van der Waals surface area contributed by atoms with Crippen molar-refractivity contribution in [2.45, 2.75) is 0 Å². The zero-order valence-electron chi connectivity index (χ0n) is 6.47. The molecule has 1 aromatic rings. The molecule has 0 aliphatic heterocycles. The summed E-state index contributed by atoms with van der Waals surface area (Å²) >= 11 is 5.82. The summed E-state index contributed by atoms with van der Waals surface area (Å²) in [5.41, 5.74) is 3.78. The van der Waals surface area contributed by atoms with E-state index in [4.69, 9.17) is 19.4 Å². The molecule has 0 heterocycles. The van der Waals surface area contributed by atoms with Gasteiger partial charge in [-0.3, -0.25) is 0 Å². The van der Waals surface area contributed by atoms with Crippen molar-refractivity contribution in [2.24, 2.45) is 0 Å². The Morgan fingerprint density at radius 3 is 2.75 bits per heavy atom. The van der Waals surface area contributed by atoms with Gasteiger partial charge < -0.3 is 0 Å². The first-order valence-corrected chi connectivity index (χ1v) is 4.02. The van der Waals surface area contributed by atoms with Crippen LogP contribution in [0.25, 0.3) is 11.0 Å². The van der Waals surface area contributed by atoms with Gasteiger partial charge in [0.2, 0.25) is 0 Å². The molecule has 0 N–H and O–H groups in total. The van der Waals surface area contributed by atoms with E-state index in [1.807, 2.05) is 24.3 Å². The lowest BCUT2D eigenvalue weighted by Gasteiger charge is -2.01. The summed E-state index contributed by atoms with van der Waals surface area (Å²) in [6, 6.07) is 5.65. The van der Waals surface area contributed by atoms with Gasteiger partial charge in [0.15, 0.2) is 0 Å². The van der Waals surface area contributed by atoms with Gasteiger partial charge in [-0.05, 0) is 28.8 Å². The van der Waals surface area contributed by atoms with E-state index in [0.717, 1.165) is 22.2 Å². The van der Waals surface area contributed by atoms with E-state index in [9.17, 15) is 0 Å². The van der Waals surface area contributed by atoms with Crippen LogP contribution in [0.3, 0.4) is 0 Å². The molecular formula is C10H6BCl. The minimum Gasteiger partial charge on any atom is -0.0912 e. The Morgan fingerprint density at radius 1 is 1.25 bits per heavy atom. The molecule has 0 saturated heterocycles. The Balaban J connectivity index is 2.69. The van der Waals surface area contributed by atoms with Crippen LogP contribution < -0.4 is 0 Å². The number of allylic oxidation sites excluding steroid dienone is 2. The second-order valence-corrected chi connectivity index (χ2v) is 3.25. The van der Waals surface area contributed by atoms with Crippen molar-refractivity contribution < 1.29 is 0 Å². The maximum atomic E-state index is 5.82. The fourth-order valence-corrected chi connectivity index (χ4v) is 1.55. The average Bonchev–Trinajstić information content (AvgIpc) is 2.28. The molecular weight excluding hydrogens is 166 g/mol. The SMILES string of the molecule is [B]C1=CC(=C)c2ccc(Cl)cc21. The van der Waals surface area contributed by atoms with Crippen molar-refractivity contribution in [1.29, 1.82) is 0 Å². The third kappa shape index (κ3) is 1.02. The predicted molar refractivity (Wildman–Crippen MR) is 54.2 cm³/mol. The fraction of sp³-hybridized carbons (Fsp3) is 0. The molecule has 1 aliphatic rings. The number of hydrogen-bond donors (Lipinski definition) is 0. The summed E-state index contributed by atoms with van der Waals surface area (Å²) in [7, 11) is 5.75. The van der Waals surface area contributed by atoms with Crippen LogP contribution >= 0.6 is 11.6 Å². The van der Waals surface area contributed by atoms with E-state index in [2.05, 4.69) is 6.58 Å². The van der Waals surface area contributed by atoms with Gasteiger partial charge in [0, 0.05) is 5.02 Å². The maximum Gasteiger partial charge on any atom is 0.114 e. The van der Waals surface area contributed by atoms with E-state index >= 15 is 0 Å². The van der Waals surface area contributed by atoms with Crippen molar-refractivity contribution in [2.75, 3.05) is 0 Å². The highest BCUT2D eigenvalue weighted by molar-refractivity contribution is 6.45. The molecule has 12 heavy (non-hydrogen) atoms. The number of fused-ring (bicyclic) bond motifs is 1. The molecule has 1 aromatic carbocycles. The normalized spacial score (nSPS) is 14.4. The number of halogens is 1. The molecule has 56 valence electrons. The second kappa shape index (κ2) is 2.53. The zero-order valence-corrected chi connectivity index (χ0v) is 7.23. The van der Waals surface area contributed by atoms with Crippen LogP contribution in [0.15, 0.2) is 30.9 Å². The van der Waals surface area contributed by atoms with Crippen LogP contribution in [-0.2, 0) is 0 Å². The minimum absolute atomic E-state index is 0.708. The molecule has 0 fully saturated rings. The predicted octanol–water partition coefficient (Wildman–Crippen LogP) is 2.88. The minimum atomic E-state index is 0.708. The van der Waals surface area contributed by atoms with Crippen LogP contribution in [0.2, 0.25) is 5.02 Å². The lowest BCUT2D eigenvalue weighted by Crippen LogP contribution is -1.82. The quantitative estimate of drug-likeness (QED) is 0.528. The summed E-state index contributed by atoms with van der Waals surface area (Å²) in [5, 5.41) is 0.708. The zero-order chi connectivity index (χ0) is 8.72. The van der Waals surface area contributed by atoms with E-state index in [1.54, 1.807) is 0 Å². The van der Waals surface area contributed by atoms with Crippen molar-refractivity contribution in [3.63, 3.8) is 0 Å². The summed E-state index contributed by atoms with van der Waals surface area (Å²) < 4.78 is 0. The first-order chi connectivity index (χ1) is 5.68. The molecule has 2 heteroatoms. The van der Waals surface area contributed by atoms with E-state index in [-0.39, 0.29) is 0 Å². The van der Waals surface area contributed by atoms with Gasteiger partial charge in [-0.1, -0.05) is 35.8 Å². The maximum absolute atomic E-state index is 5.82. The van der Waals surface area contributed by atoms with Gasteiger partial charge in [0.25, 0.3) is 0 Å². The molecule has 0 unspecified atom stereocenters. The van der Waals surface area contributed by atoms with Crippen molar-refractivity contribution in [1.82, 2.24) is 0 Å². The third-order valence-corrected chi connectivity index (χ3v) is 2.20. The molecule has 0 spiro atoms. The Hall–Kier alpha value is -0.945.